The Morgan fingerprint density at radius 2 is 1.82 bits per heavy atom. The van der Waals surface area contributed by atoms with Crippen LogP contribution in [0.15, 0.2) is 42.6 Å². The number of aromatic nitrogens is 3. The highest BCUT2D eigenvalue weighted by atomic mass is 19.2. The molecule has 2 aromatic carbocycles. The van der Waals surface area contributed by atoms with Gasteiger partial charge >= 0.3 is 6.03 Å². The van der Waals surface area contributed by atoms with Crippen LogP contribution in [0.25, 0.3) is 27.9 Å². The van der Waals surface area contributed by atoms with Gasteiger partial charge in [0.15, 0.2) is 23.1 Å². The van der Waals surface area contributed by atoms with Crippen LogP contribution < -0.4 is 16.0 Å². The first kappa shape index (κ1) is 22.9. The van der Waals surface area contributed by atoms with Crippen molar-refractivity contribution in [2.45, 2.75) is 6.92 Å². The van der Waals surface area contributed by atoms with E-state index in [9.17, 15) is 18.4 Å². The van der Waals surface area contributed by atoms with Crippen LogP contribution in [0.2, 0.25) is 0 Å². The summed E-state index contributed by atoms with van der Waals surface area (Å²) >= 11 is 0. The molecule has 4 rings (SSSR count). The van der Waals surface area contributed by atoms with Gasteiger partial charge in [0, 0.05) is 57.5 Å². The van der Waals surface area contributed by atoms with Crippen molar-refractivity contribution in [3.05, 3.63) is 54.2 Å². The quantitative estimate of drug-likeness (QED) is 0.403. The van der Waals surface area contributed by atoms with Gasteiger partial charge in [-0.1, -0.05) is 12.1 Å². The zero-order valence-corrected chi connectivity index (χ0v) is 18.8. The Morgan fingerprint density at radius 3 is 2.50 bits per heavy atom. The minimum atomic E-state index is -1.01. The van der Waals surface area contributed by atoms with E-state index in [-0.39, 0.29) is 17.5 Å². The van der Waals surface area contributed by atoms with Gasteiger partial charge in [-0.25, -0.2) is 23.5 Å². The molecule has 0 saturated carbocycles. The van der Waals surface area contributed by atoms with E-state index in [2.05, 4.69) is 25.9 Å². The topological polar surface area (TPSA) is 104 Å². The Morgan fingerprint density at radius 1 is 1.12 bits per heavy atom. The number of rotatable bonds is 6. The predicted molar refractivity (Wildman–Crippen MR) is 126 cm³/mol. The molecule has 0 aliphatic heterocycles. The number of urea groups is 1. The van der Waals surface area contributed by atoms with Crippen molar-refractivity contribution in [1.82, 2.24) is 24.6 Å². The first-order chi connectivity index (χ1) is 16.3. The molecule has 2 heterocycles. The van der Waals surface area contributed by atoms with Crippen LogP contribution in [-0.2, 0) is 4.79 Å². The third-order valence-corrected chi connectivity index (χ3v) is 5.41. The summed E-state index contributed by atoms with van der Waals surface area (Å²) in [5, 5.41) is 8.30. The molecule has 0 bridgehead atoms. The first-order valence-corrected chi connectivity index (χ1v) is 10.5. The van der Waals surface area contributed by atoms with Gasteiger partial charge in [-0.3, -0.25) is 9.20 Å². The number of anilines is 2. The number of nitrogens with one attached hydrogen (secondary N) is 3. The number of hydrogen-bond acceptors (Lipinski definition) is 5. The molecule has 11 heteroatoms. The number of imidazole rings is 1. The number of carbonyl (C=O) groups excluding carboxylic acids is 2. The van der Waals surface area contributed by atoms with Crippen LogP contribution in [0.4, 0.5) is 25.1 Å². The number of fused-ring (bicyclic) bond motifs is 3. The standard InChI is InChI=1S/C23H23F2N7O2/c1-13(33)31(3)9-8-27-21-22-28-12-20(14-4-6-15(7-5-14)29-23(34)26-2)32(22)19-11-17(25)16(24)10-18(19)30-21/h4-7,10-12H,8-9H2,1-3H3,(H,27,30)(H2,26,29,34). The van der Waals surface area contributed by atoms with Gasteiger partial charge in [0.05, 0.1) is 22.9 Å². The molecule has 3 N–H and O–H groups in total. The molecular formula is C23H23F2N7O2. The lowest BCUT2D eigenvalue weighted by molar-refractivity contribution is -0.127. The summed E-state index contributed by atoms with van der Waals surface area (Å²) in [6.07, 6.45) is 1.62. The molecule has 0 aliphatic rings. The Balaban J connectivity index is 1.79. The highest BCUT2D eigenvalue weighted by Gasteiger charge is 2.17. The maximum Gasteiger partial charge on any atom is 0.318 e. The van der Waals surface area contributed by atoms with Crippen LogP contribution >= 0.6 is 0 Å². The highest BCUT2D eigenvalue weighted by molar-refractivity contribution is 5.90. The Hall–Kier alpha value is -4.28. The number of carbonyl (C=O) groups is 2. The summed E-state index contributed by atoms with van der Waals surface area (Å²) in [5.41, 5.74) is 2.98. The predicted octanol–water partition coefficient (Wildman–Crippen LogP) is 3.47. The van der Waals surface area contributed by atoms with Crippen molar-refractivity contribution < 1.29 is 18.4 Å². The largest absolute Gasteiger partial charge is 0.365 e. The van der Waals surface area contributed by atoms with Crippen molar-refractivity contribution in [3.63, 3.8) is 0 Å². The van der Waals surface area contributed by atoms with Crippen molar-refractivity contribution in [2.75, 3.05) is 37.8 Å². The number of nitrogens with zero attached hydrogens (tertiary/aromatic N) is 4. The van der Waals surface area contributed by atoms with Gasteiger partial charge in [0.1, 0.15) is 0 Å². The number of benzene rings is 2. The fraction of sp³-hybridized carbons (Fsp3) is 0.217. The zero-order valence-electron chi connectivity index (χ0n) is 18.8. The first-order valence-electron chi connectivity index (χ1n) is 10.5. The molecule has 0 radical (unpaired) electrons. The molecule has 9 nitrogen and oxygen atoms in total. The van der Waals surface area contributed by atoms with Crippen LogP contribution in [0.1, 0.15) is 6.92 Å². The molecule has 4 aromatic rings. The normalized spacial score (nSPS) is 11.0. The van der Waals surface area contributed by atoms with Gasteiger partial charge in [-0.2, -0.15) is 0 Å². The maximum absolute atomic E-state index is 14.2. The Labute approximate surface area is 193 Å². The molecule has 2 aromatic heterocycles. The SMILES string of the molecule is CNC(=O)Nc1ccc(-c2cnc3c(NCCN(C)C(C)=O)nc4cc(F)c(F)cc4n23)cc1. The van der Waals surface area contributed by atoms with Crippen molar-refractivity contribution in [1.29, 1.82) is 0 Å². The monoisotopic (exact) mass is 467 g/mol. The van der Waals surface area contributed by atoms with Crippen LogP contribution in [0.3, 0.4) is 0 Å². The van der Waals surface area contributed by atoms with E-state index in [1.54, 1.807) is 46.8 Å². The van der Waals surface area contributed by atoms with Gasteiger partial charge in [0.25, 0.3) is 0 Å². The minimum absolute atomic E-state index is 0.0755. The van der Waals surface area contributed by atoms with Crippen LogP contribution in [-0.4, -0.2) is 58.4 Å². The molecule has 0 saturated heterocycles. The van der Waals surface area contributed by atoms with Crippen LogP contribution in [0.5, 0.6) is 0 Å². The summed E-state index contributed by atoms with van der Waals surface area (Å²) in [4.78, 5) is 33.5. The smallest absolute Gasteiger partial charge is 0.318 e. The van der Waals surface area contributed by atoms with Crippen LogP contribution in [0, 0.1) is 11.6 Å². The molecule has 0 spiro atoms. The van der Waals surface area contributed by atoms with E-state index in [1.807, 2.05) is 0 Å². The molecule has 0 aliphatic carbocycles. The number of halogens is 2. The maximum atomic E-state index is 14.2. The van der Waals surface area contributed by atoms with E-state index >= 15 is 0 Å². The van der Waals surface area contributed by atoms with E-state index in [0.717, 1.165) is 17.7 Å². The number of hydrogen-bond donors (Lipinski definition) is 3. The van der Waals surface area contributed by atoms with E-state index in [0.29, 0.717) is 41.5 Å². The number of likely N-dealkylation sites (N-methyl/N-ethyl adjacent to an activating group) is 1. The Kier molecular flexibility index (Phi) is 6.26. The fourth-order valence-electron chi connectivity index (χ4n) is 3.47. The fourth-order valence-corrected chi connectivity index (χ4v) is 3.47. The third-order valence-electron chi connectivity index (χ3n) is 5.41. The highest BCUT2D eigenvalue weighted by Crippen LogP contribution is 2.30. The summed E-state index contributed by atoms with van der Waals surface area (Å²) in [6.45, 7) is 2.28. The molecule has 3 amide bonds. The number of amides is 3. The summed E-state index contributed by atoms with van der Waals surface area (Å²) in [6, 6.07) is 8.81. The van der Waals surface area contributed by atoms with Gasteiger partial charge < -0.3 is 20.9 Å². The van der Waals surface area contributed by atoms with Gasteiger partial charge in [-0.15, -0.1) is 0 Å². The van der Waals surface area contributed by atoms with E-state index in [4.69, 9.17) is 0 Å². The van der Waals surface area contributed by atoms with Gasteiger partial charge in [0.2, 0.25) is 5.91 Å². The molecule has 176 valence electrons. The van der Waals surface area contributed by atoms with Crippen molar-refractivity contribution >= 4 is 40.1 Å². The van der Waals surface area contributed by atoms with E-state index in [1.165, 1.54) is 14.0 Å². The third kappa shape index (κ3) is 4.45. The summed E-state index contributed by atoms with van der Waals surface area (Å²) in [5.74, 6) is -1.70. The lowest BCUT2D eigenvalue weighted by Crippen LogP contribution is -2.29. The lowest BCUT2D eigenvalue weighted by atomic mass is 10.1. The summed E-state index contributed by atoms with van der Waals surface area (Å²) in [7, 11) is 3.20. The molecular weight excluding hydrogens is 444 g/mol. The second-order valence-electron chi connectivity index (χ2n) is 7.67. The summed E-state index contributed by atoms with van der Waals surface area (Å²) < 4.78 is 29.9. The van der Waals surface area contributed by atoms with Gasteiger partial charge in [-0.05, 0) is 12.1 Å². The minimum Gasteiger partial charge on any atom is -0.365 e. The average Bonchev–Trinajstić information content (AvgIpc) is 3.26. The molecule has 0 unspecified atom stereocenters. The lowest BCUT2D eigenvalue weighted by Gasteiger charge is -2.16. The second-order valence-corrected chi connectivity index (χ2v) is 7.67. The van der Waals surface area contributed by atoms with E-state index < -0.39 is 11.6 Å². The molecule has 0 fully saturated rings. The molecule has 0 atom stereocenters. The van der Waals surface area contributed by atoms with Crippen molar-refractivity contribution in [2.24, 2.45) is 0 Å². The Bertz CT molecular complexity index is 1390. The second kappa shape index (κ2) is 9.30. The van der Waals surface area contributed by atoms with Crippen molar-refractivity contribution in [3.8, 4) is 11.3 Å². The zero-order chi connectivity index (χ0) is 24.4. The molecule has 34 heavy (non-hydrogen) atoms. The average molecular weight is 467 g/mol.